The molecule has 0 bridgehead atoms. The monoisotopic (exact) mass is 380 g/mol. The van der Waals surface area contributed by atoms with Gasteiger partial charge in [-0.15, -0.1) is 23.7 Å². The van der Waals surface area contributed by atoms with Crippen LogP contribution in [-0.4, -0.2) is 31.1 Å². The van der Waals surface area contributed by atoms with Crippen LogP contribution in [0, 0.1) is 5.82 Å². The molecular formula is C16H17ClF4N2S. The zero-order chi connectivity index (χ0) is 16.4. The Kier molecular flexibility index (Phi) is 6.25. The van der Waals surface area contributed by atoms with Gasteiger partial charge in [0, 0.05) is 31.1 Å². The Hall–Kier alpha value is -1.15. The van der Waals surface area contributed by atoms with Gasteiger partial charge in [0.2, 0.25) is 0 Å². The molecule has 0 saturated carbocycles. The zero-order valence-corrected chi connectivity index (χ0v) is 14.3. The highest BCUT2D eigenvalue weighted by atomic mass is 35.5. The average Bonchev–Trinajstić information content (AvgIpc) is 3.01. The lowest BCUT2D eigenvalue weighted by molar-refractivity contribution is -0.137. The number of halogens is 5. The van der Waals surface area contributed by atoms with Crippen molar-refractivity contribution in [1.29, 1.82) is 0 Å². The van der Waals surface area contributed by atoms with Gasteiger partial charge in [0.25, 0.3) is 0 Å². The van der Waals surface area contributed by atoms with Gasteiger partial charge in [0.15, 0.2) is 0 Å². The first kappa shape index (κ1) is 19.2. The Balaban J connectivity index is 0.00000208. The van der Waals surface area contributed by atoms with Crippen LogP contribution in [0.2, 0.25) is 0 Å². The van der Waals surface area contributed by atoms with Gasteiger partial charge >= 0.3 is 6.18 Å². The fraction of sp³-hybridized carbons (Fsp3) is 0.375. The molecule has 1 fully saturated rings. The maximum atomic E-state index is 13.8. The van der Waals surface area contributed by atoms with Crippen molar-refractivity contribution in [3.05, 3.63) is 57.5 Å². The molecule has 0 aliphatic carbocycles. The van der Waals surface area contributed by atoms with Gasteiger partial charge in [0.1, 0.15) is 5.82 Å². The molecule has 1 aromatic carbocycles. The second-order valence-electron chi connectivity index (χ2n) is 5.47. The molecule has 0 spiro atoms. The fourth-order valence-electron chi connectivity index (χ4n) is 2.88. The standard InChI is InChI=1S/C16H16F4N2S.ClH/c17-13-9-11(8-12(10-13)16(18,19)20)15(14-2-1-7-23-14)22-5-3-21-4-6-22;/h1-2,7-10,15,21H,3-6H2;1H/t15-;/m1./s1. The van der Waals surface area contributed by atoms with Crippen LogP contribution in [0.1, 0.15) is 22.0 Å². The third-order valence-electron chi connectivity index (χ3n) is 3.89. The molecule has 24 heavy (non-hydrogen) atoms. The second kappa shape index (κ2) is 7.82. The predicted molar refractivity (Wildman–Crippen MR) is 89.3 cm³/mol. The van der Waals surface area contributed by atoms with Crippen molar-refractivity contribution < 1.29 is 17.6 Å². The molecule has 2 aromatic rings. The Morgan fingerprint density at radius 1 is 1.12 bits per heavy atom. The smallest absolute Gasteiger partial charge is 0.314 e. The van der Waals surface area contributed by atoms with Crippen LogP contribution in [0.25, 0.3) is 0 Å². The van der Waals surface area contributed by atoms with Gasteiger partial charge in [-0.25, -0.2) is 4.39 Å². The van der Waals surface area contributed by atoms with E-state index in [0.717, 1.165) is 24.0 Å². The topological polar surface area (TPSA) is 15.3 Å². The molecule has 2 nitrogen and oxygen atoms in total. The molecule has 0 unspecified atom stereocenters. The second-order valence-corrected chi connectivity index (χ2v) is 6.45. The third-order valence-corrected chi connectivity index (χ3v) is 4.82. The Morgan fingerprint density at radius 2 is 1.83 bits per heavy atom. The summed E-state index contributed by atoms with van der Waals surface area (Å²) in [6.07, 6.45) is -4.56. The van der Waals surface area contributed by atoms with Crippen molar-refractivity contribution in [1.82, 2.24) is 10.2 Å². The summed E-state index contributed by atoms with van der Waals surface area (Å²) in [4.78, 5) is 3.02. The number of piperazine rings is 1. The molecule has 1 atom stereocenters. The maximum absolute atomic E-state index is 13.8. The third kappa shape index (κ3) is 4.27. The first-order chi connectivity index (χ1) is 10.9. The SMILES string of the molecule is Cl.Fc1cc([C@H](c2cccs2)N2CCNCC2)cc(C(F)(F)F)c1. The summed E-state index contributed by atoms with van der Waals surface area (Å²) < 4.78 is 52.8. The first-order valence-electron chi connectivity index (χ1n) is 7.31. The van der Waals surface area contributed by atoms with Crippen molar-refractivity contribution in [3.63, 3.8) is 0 Å². The molecule has 1 N–H and O–H groups in total. The summed E-state index contributed by atoms with van der Waals surface area (Å²) in [5.74, 6) is -0.855. The highest BCUT2D eigenvalue weighted by Gasteiger charge is 2.33. The number of benzene rings is 1. The zero-order valence-electron chi connectivity index (χ0n) is 12.6. The van der Waals surface area contributed by atoms with Gasteiger partial charge in [-0.3, -0.25) is 4.90 Å². The highest BCUT2D eigenvalue weighted by Crippen LogP contribution is 2.36. The van der Waals surface area contributed by atoms with Gasteiger partial charge in [0.05, 0.1) is 11.6 Å². The van der Waals surface area contributed by atoms with Crippen LogP contribution in [0.4, 0.5) is 17.6 Å². The molecule has 132 valence electrons. The van der Waals surface area contributed by atoms with E-state index in [2.05, 4.69) is 10.2 Å². The number of hydrogen-bond acceptors (Lipinski definition) is 3. The van der Waals surface area contributed by atoms with E-state index < -0.39 is 17.6 Å². The molecule has 8 heteroatoms. The first-order valence-corrected chi connectivity index (χ1v) is 8.19. The van der Waals surface area contributed by atoms with E-state index >= 15 is 0 Å². The van der Waals surface area contributed by atoms with Crippen molar-refractivity contribution in [2.45, 2.75) is 12.2 Å². The predicted octanol–water partition coefficient (Wildman–Crippen LogP) is 4.32. The summed E-state index contributed by atoms with van der Waals surface area (Å²) in [6, 6.07) is 6.22. The Morgan fingerprint density at radius 3 is 2.42 bits per heavy atom. The molecule has 0 radical (unpaired) electrons. The van der Waals surface area contributed by atoms with E-state index in [4.69, 9.17) is 0 Å². The average molecular weight is 381 g/mol. The van der Waals surface area contributed by atoms with Crippen molar-refractivity contribution in [2.24, 2.45) is 0 Å². The lowest BCUT2D eigenvalue weighted by atomic mass is 10.00. The number of nitrogens with one attached hydrogen (secondary N) is 1. The molecule has 0 amide bonds. The van der Waals surface area contributed by atoms with Gasteiger partial charge in [-0.05, 0) is 35.2 Å². The van der Waals surface area contributed by atoms with E-state index in [1.165, 1.54) is 17.4 Å². The largest absolute Gasteiger partial charge is 0.416 e. The summed E-state index contributed by atoms with van der Waals surface area (Å²) in [7, 11) is 0. The van der Waals surface area contributed by atoms with Gasteiger partial charge in [-0.1, -0.05) is 6.07 Å². The van der Waals surface area contributed by atoms with Gasteiger partial charge in [-0.2, -0.15) is 13.2 Å². The van der Waals surface area contributed by atoms with Crippen LogP contribution < -0.4 is 5.32 Å². The number of rotatable bonds is 3. The minimum absolute atomic E-state index is 0. The number of nitrogens with zero attached hydrogens (tertiary/aromatic N) is 1. The summed E-state index contributed by atoms with van der Waals surface area (Å²) in [6.45, 7) is 2.95. The molecule has 1 aliphatic heterocycles. The van der Waals surface area contributed by atoms with Gasteiger partial charge < -0.3 is 5.32 Å². The molecule has 2 heterocycles. The molecule has 3 rings (SSSR count). The maximum Gasteiger partial charge on any atom is 0.416 e. The highest BCUT2D eigenvalue weighted by molar-refractivity contribution is 7.10. The van der Waals surface area contributed by atoms with Crippen LogP contribution in [0.15, 0.2) is 35.7 Å². The van der Waals surface area contributed by atoms with E-state index in [1.807, 2.05) is 17.5 Å². The lowest BCUT2D eigenvalue weighted by Gasteiger charge is -2.35. The van der Waals surface area contributed by atoms with Crippen LogP contribution in [0.5, 0.6) is 0 Å². The number of alkyl halides is 3. The van der Waals surface area contributed by atoms with Crippen molar-refractivity contribution in [3.8, 4) is 0 Å². The quantitative estimate of drug-likeness (QED) is 0.798. The summed E-state index contributed by atoms with van der Waals surface area (Å²) in [5.41, 5.74) is -0.592. The summed E-state index contributed by atoms with van der Waals surface area (Å²) in [5, 5.41) is 5.10. The fourth-order valence-corrected chi connectivity index (χ4v) is 3.76. The van der Waals surface area contributed by atoms with Crippen LogP contribution in [0.3, 0.4) is 0 Å². The molecular weight excluding hydrogens is 364 g/mol. The Labute approximate surface area is 147 Å². The Bertz CT molecular complexity index is 655. The van der Waals surface area contributed by atoms with E-state index in [1.54, 1.807) is 0 Å². The minimum Gasteiger partial charge on any atom is -0.314 e. The number of hydrogen-bond donors (Lipinski definition) is 1. The van der Waals surface area contributed by atoms with Crippen molar-refractivity contribution in [2.75, 3.05) is 26.2 Å². The molecule has 1 aliphatic rings. The summed E-state index contributed by atoms with van der Waals surface area (Å²) >= 11 is 1.47. The van der Waals surface area contributed by atoms with Crippen LogP contribution in [-0.2, 0) is 6.18 Å². The van der Waals surface area contributed by atoms with E-state index in [0.29, 0.717) is 24.7 Å². The normalized spacial score (nSPS) is 17.3. The molecule has 1 aromatic heterocycles. The number of thiophene rings is 1. The van der Waals surface area contributed by atoms with E-state index in [9.17, 15) is 17.6 Å². The molecule has 1 saturated heterocycles. The van der Waals surface area contributed by atoms with Crippen LogP contribution >= 0.6 is 23.7 Å². The minimum atomic E-state index is -4.56. The van der Waals surface area contributed by atoms with Crippen molar-refractivity contribution >= 4 is 23.7 Å². The lowest BCUT2D eigenvalue weighted by Crippen LogP contribution is -2.45. The van der Waals surface area contributed by atoms with E-state index in [-0.39, 0.29) is 18.4 Å².